The zero-order valence-electron chi connectivity index (χ0n) is 33.6. The Labute approximate surface area is 316 Å². The van der Waals surface area contributed by atoms with Crippen LogP contribution in [0.2, 0.25) is 0 Å². The highest BCUT2D eigenvalue weighted by molar-refractivity contribution is 7.80. The number of hydrogen-bond donors (Lipinski definition) is 3. The molecule has 296 valence electrons. The first-order valence-corrected chi connectivity index (χ1v) is 22.0. The van der Waals surface area contributed by atoms with Crippen LogP contribution in [0.5, 0.6) is 0 Å². The summed E-state index contributed by atoms with van der Waals surface area (Å²) in [6.45, 7) is 12.8. The Bertz CT molecular complexity index is 732. The van der Waals surface area contributed by atoms with Gasteiger partial charge in [-0.3, -0.25) is 10.2 Å². The molecular formula is C42H84N4O3S. The summed E-state index contributed by atoms with van der Waals surface area (Å²) in [5, 5.41) is 12.8. The number of carbonyl (C=O) groups excluding carboxylic acids is 1. The first-order chi connectivity index (χ1) is 24.4. The first-order valence-electron chi connectivity index (χ1n) is 21.6. The topological polar surface area (TPSA) is 101 Å². The summed E-state index contributed by atoms with van der Waals surface area (Å²) < 4.78 is 12.0. The molecule has 0 saturated heterocycles. The van der Waals surface area contributed by atoms with E-state index in [9.17, 15) is 4.79 Å². The fourth-order valence-corrected chi connectivity index (χ4v) is 6.87. The van der Waals surface area contributed by atoms with Crippen LogP contribution in [0.4, 0.5) is 0 Å². The monoisotopic (exact) mass is 725 g/mol. The molecule has 50 heavy (non-hydrogen) atoms. The Kier molecular flexibility index (Phi) is 36.3. The van der Waals surface area contributed by atoms with E-state index in [0.717, 1.165) is 77.4 Å². The summed E-state index contributed by atoms with van der Waals surface area (Å²) in [5.74, 6) is 0.723. The average molecular weight is 725 g/mol. The number of nitrogens with zero attached hydrogens (tertiary/aromatic N) is 1. The largest absolute Gasteiger partial charge is 0.481 e. The fourth-order valence-electron chi connectivity index (χ4n) is 6.59. The van der Waals surface area contributed by atoms with E-state index < -0.39 is 0 Å². The maximum atomic E-state index is 13.2. The number of ether oxygens (including phenoxy) is 2. The summed E-state index contributed by atoms with van der Waals surface area (Å²) >= 11 is 5.77. The van der Waals surface area contributed by atoms with E-state index in [-0.39, 0.29) is 17.8 Å². The van der Waals surface area contributed by atoms with Crippen molar-refractivity contribution in [3.05, 3.63) is 0 Å². The van der Waals surface area contributed by atoms with E-state index in [4.69, 9.17) is 32.8 Å². The van der Waals surface area contributed by atoms with Crippen LogP contribution in [0.1, 0.15) is 201 Å². The van der Waals surface area contributed by atoms with Crippen molar-refractivity contribution in [1.29, 1.82) is 5.41 Å². The number of esters is 1. The Hall–Kier alpha value is -1.41. The van der Waals surface area contributed by atoms with Gasteiger partial charge in [0.2, 0.25) is 0 Å². The van der Waals surface area contributed by atoms with E-state index in [1.165, 1.54) is 116 Å². The number of carbonyl (C=O) groups is 1. The Morgan fingerprint density at radius 2 is 1.00 bits per heavy atom. The molecule has 0 aromatic rings. The predicted octanol–water partition coefficient (Wildman–Crippen LogP) is 11.5. The minimum atomic E-state index is -0.0117. The van der Waals surface area contributed by atoms with Crippen LogP contribution in [0.15, 0.2) is 0 Å². The summed E-state index contributed by atoms with van der Waals surface area (Å²) in [6.07, 6.45) is 31.2. The van der Waals surface area contributed by atoms with Crippen molar-refractivity contribution in [3.63, 3.8) is 0 Å². The normalized spacial score (nSPS) is 12.4. The molecule has 0 rings (SSSR count). The van der Waals surface area contributed by atoms with Crippen molar-refractivity contribution in [1.82, 2.24) is 10.2 Å². The molecular weight excluding hydrogens is 641 g/mol. The van der Waals surface area contributed by atoms with Gasteiger partial charge in [0.1, 0.15) is 0 Å². The number of thiocarbonyl (C=S) groups is 1. The molecule has 0 aliphatic rings. The van der Waals surface area contributed by atoms with E-state index in [2.05, 4.69) is 37.9 Å². The molecule has 8 heteroatoms. The molecule has 0 amide bonds. The lowest BCUT2D eigenvalue weighted by molar-refractivity contribution is -0.149. The van der Waals surface area contributed by atoms with Crippen molar-refractivity contribution in [2.45, 2.75) is 201 Å². The van der Waals surface area contributed by atoms with Gasteiger partial charge < -0.3 is 25.4 Å². The molecule has 0 spiro atoms. The van der Waals surface area contributed by atoms with Crippen LogP contribution in [-0.2, 0) is 14.3 Å². The molecule has 0 aliphatic carbocycles. The lowest BCUT2D eigenvalue weighted by Crippen LogP contribution is -2.42. The lowest BCUT2D eigenvalue weighted by atomic mass is 9.94. The van der Waals surface area contributed by atoms with E-state index in [0.29, 0.717) is 30.8 Å². The molecule has 0 bridgehead atoms. The number of nitrogens with two attached hydrogens (primary N) is 1. The molecule has 0 aromatic carbocycles. The zero-order valence-corrected chi connectivity index (χ0v) is 34.5. The minimum Gasteiger partial charge on any atom is -0.481 e. The molecule has 7 nitrogen and oxygen atoms in total. The molecule has 0 heterocycles. The van der Waals surface area contributed by atoms with E-state index >= 15 is 0 Å². The molecule has 0 aromatic heterocycles. The highest BCUT2D eigenvalue weighted by Crippen LogP contribution is 2.22. The molecule has 0 saturated carbocycles. The third kappa shape index (κ3) is 29.2. The van der Waals surface area contributed by atoms with E-state index in [1.807, 2.05) is 0 Å². The van der Waals surface area contributed by atoms with Crippen molar-refractivity contribution in [3.8, 4) is 0 Å². The van der Waals surface area contributed by atoms with Gasteiger partial charge >= 0.3 is 5.97 Å². The third-order valence-electron chi connectivity index (χ3n) is 9.92. The Morgan fingerprint density at radius 1 is 0.600 bits per heavy atom. The second kappa shape index (κ2) is 37.4. The van der Waals surface area contributed by atoms with Crippen molar-refractivity contribution >= 4 is 29.2 Å². The van der Waals surface area contributed by atoms with Crippen molar-refractivity contribution in [2.24, 2.45) is 17.6 Å². The molecule has 0 radical (unpaired) electrons. The van der Waals surface area contributed by atoms with Crippen LogP contribution in [0, 0.1) is 17.2 Å². The maximum Gasteiger partial charge on any atom is 0.308 e. The first kappa shape index (κ1) is 48.6. The summed E-state index contributed by atoms with van der Waals surface area (Å²) in [4.78, 5) is 15.3. The summed E-state index contributed by atoms with van der Waals surface area (Å²) in [6, 6.07) is 0. The van der Waals surface area contributed by atoms with Gasteiger partial charge in [0.25, 0.3) is 0 Å². The van der Waals surface area contributed by atoms with Crippen LogP contribution in [0.25, 0.3) is 0 Å². The second-order valence-corrected chi connectivity index (χ2v) is 15.0. The number of hydrogen-bond acceptors (Lipinski definition) is 6. The van der Waals surface area contributed by atoms with Crippen LogP contribution >= 0.6 is 12.2 Å². The summed E-state index contributed by atoms with van der Waals surface area (Å²) in [5.41, 5.74) is 5.72. The minimum absolute atomic E-state index is 0.0117. The standard InChI is InChI=1S/C42H84N4O3S/c1-5-9-13-17-19-23-29-38(28-21-15-11-7-3)40(44)48-36-26-34-46(42(50)45-33-25-32-43)35-27-37-49-41(47)39(30-22-16-12-8-4)31-24-20-18-14-10-6-2/h38-39,44H,5-37,43H2,1-4H3,(H,45,50). The van der Waals surface area contributed by atoms with Gasteiger partial charge in [0.15, 0.2) is 11.0 Å². The lowest BCUT2D eigenvalue weighted by Gasteiger charge is -2.26. The van der Waals surface area contributed by atoms with Gasteiger partial charge in [0, 0.05) is 25.6 Å². The van der Waals surface area contributed by atoms with Gasteiger partial charge in [-0.25, -0.2) is 0 Å². The van der Waals surface area contributed by atoms with Crippen molar-refractivity contribution in [2.75, 3.05) is 39.4 Å². The summed E-state index contributed by atoms with van der Waals surface area (Å²) in [7, 11) is 0. The number of unbranched alkanes of at least 4 members (excludes halogenated alkanes) is 16. The SMILES string of the molecule is CCCCCCCCC(CCCCCC)C(=N)OCCCN(CCCOC(=O)C(CCCCCC)CCCCCCCC)C(=S)NCCCN. The Morgan fingerprint density at radius 3 is 1.46 bits per heavy atom. The van der Waals surface area contributed by atoms with Gasteiger partial charge in [-0.05, 0) is 63.7 Å². The smallest absolute Gasteiger partial charge is 0.308 e. The average Bonchev–Trinajstić information content (AvgIpc) is 3.11. The van der Waals surface area contributed by atoms with Gasteiger partial charge in [-0.1, -0.05) is 156 Å². The quantitative estimate of drug-likeness (QED) is 0.0193. The highest BCUT2D eigenvalue weighted by Gasteiger charge is 2.20. The highest BCUT2D eigenvalue weighted by atomic mass is 32.1. The zero-order chi connectivity index (χ0) is 36.9. The maximum absolute atomic E-state index is 13.2. The number of nitrogens with one attached hydrogen (secondary N) is 2. The fraction of sp³-hybridized carbons (Fsp3) is 0.929. The van der Waals surface area contributed by atoms with Gasteiger partial charge in [0.05, 0.1) is 19.1 Å². The van der Waals surface area contributed by atoms with Crippen molar-refractivity contribution < 1.29 is 14.3 Å². The van der Waals surface area contributed by atoms with E-state index in [1.54, 1.807) is 0 Å². The predicted molar refractivity (Wildman–Crippen MR) is 220 cm³/mol. The van der Waals surface area contributed by atoms with Gasteiger partial charge in [-0.2, -0.15) is 0 Å². The number of rotatable bonds is 37. The molecule has 2 atom stereocenters. The Balaban J connectivity index is 4.92. The molecule has 2 unspecified atom stereocenters. The molecule has 4 N–H and O–H groups in total. The molecule has 0 fully saturated rings. The van der Waals surface area contributed by atoms with Crippen LogP contribution in [-0.4, -0.2) is 61.3 Å². The van der Waals surface area contributed by atoms with Gasteiger partial charge in [-0.15, -0.1) is 0 Å². The molecule has 0 aliphatic heterocycles. The third-order valence-corrected chi connectivity index (χ3v) is 10.3. The van der Waals surface area contributed by atoms with Crippen LogP contribution < -0.4 is 11.1 Å². The van der Waals surface area contributed by atoms with Crippen LogP contribution in [0.3, 0.4) is 0 Å². The second-order valence-electron chi connectivity index (χ2n) is 14.7.